The number of benzene rings is 1. The van der Waals surface area contributed by atoms with Gasteiger partial charge in [-0.3, -0.25) is 0 Å². The molecule has 0 aliphatic heterocycles. The lowest BCUT2D eigenvalue weighted by molar-refractivity contribution is 0.415. The highest BCUT2D eigenvalue weighted by atomic mass is 35.5. The molecular formula is C13H18ClF. The van der Waals surface area contributed by atoms with Crippen LogP contribution in [0.3, 0.4) is 0 Å². The fraction of sp³-hybridized carbons (Fsp3) is 0.538. The quantitative estimate of drug-likeness (QED) is 0.693. The van der Waals surface area contributed by atoms with Gasteiger partial charge in [0.25, 0.3) is 0 Å². The Labute approximate surface area is 96.5 Å². The Bertz CT molecular complexity index is 331. The third-order valence-corrected chi connectivity index (χ3v) is 3.65. The molecule has 0 saturated carbocycles. The summed E-state index contributed by atoms with van der Waals surface area (Å²) in [5, 5.41) is 0.554. The summed E-state index contributed by atoms with van der Waals surface area (Å²) < 4.78 is 13.9. The van der Waals surface area contributed by atoms with E-state index in [0.717, 1.165) is 18.4 Å². The van der Waals surface area contributed by atoms with Crippen LogP contribution in [-0.2, 0) is 5.41 Å². The second kappa shape index (κ2) is 4.52. The summed E-state index contributed by atoms with van der Waals surface area (Å²) in [4.78, 5) is 0. The van der Waals surface area contributed by atoms with Gasteiger partial charge in [0.2, 0.25) is 0 Å². The van der Waals surface area contributed by atoms with Crippen LogP contribution in [0, 0.1) is 12.7 Å². The SMILES string of the molecule is CCC(C)(CC)c1c(F)cc(C)cc1Cl. The molecule has 0 heterocycles. The average Bonchev–Trinajstić information content (AvgIpc) is 2.15. The molecule has 0 radical (unpaired) electrons. The summed E-state index contributed by atoms with van der Waals surface area (Å²) in [5.41, 5.74) is 1.38. The molecule has 0 aliphatic rings. The van der Waals surface area contributed by atoms with Crippen LogP contribution in [0.5, 0.6) is 0 Å². The maximum atomic E-state index is 13.9. The van der Waals surface area contributed by atoms with E-state index < -0.39 is 0 Å². The molecule has 0 spiro atoms. The molecule has 0 amide bonds. The van der Waals surface area contributed by atoms with Gasteiger partial charge < -0.3 is 0 Å². The van der Waals surface area contributed by atoms with Gasteiger partial charge >= 0.3 is 0 Å². The summed E-state index contributed by atoms with van der Waals surface area (Å²) in [6.07, 6.45) is 1.78. The zero-order chi connectivity index (χ0) is 11.6. The van der Waals surface area contributed by atoms with Crippen molar-refractivity contribution in [3.05, 3.63) is 34.1 Å². The monoisotopic (exact) mass is 228 g/mol. The molecule has 0 aromatic heterocycles. The summed E-state index contributed by atoms with van der Waals surface area (Å²) in [6.45, 7) is 8.05. The second-order valence-corrected chi connectivity index (χ2v) is 4.78. The van der Waals surface area contributed by atoms with Gasteiger partial charge in [0, 0.05) is 10.6 Å². The lowest BCUT2D eigenvalue weighted by Crippen LogP contribution is -2.22. The third-order valence-electron chi connectivity index (χ3n) is 3.35. The van der Waals surface area contributed by atoms with Gasteiger partial charge in [-0.05, 0) is 42.9 Å². The molecule has 1 aromatic rings. The van der Waals surface area contributed by atoms with Crippen molar-refractivity contribution in [3.8, 4) is 0 Å². The van der Waals surface area contributed by atoms with Crippen molar-refractivity contribution < 1.29 is 4.39 Å². The number of hydrogen-bond donors (Lipinski definition) is 0. The molecule has 1 aromatic carbocycles. The topological polar surface area (TPSA) is 0 Å². The van der Waals surface area contributed by atoms with Crippen LogP contribution >= 0.6 is 11.6 Å². The number of hydrogen-bond acceptors (Lipinski definition) is 0. The highest BCUT2D eigenvalue weighted by Gasteiger charge is 2.28. The van der Waals surface area contributed by atoms with E-state index in [0.29, 0.717) is 10.6 Å². The fourth-order valence-electron chi connectivity index (χ4n) is 1.88. The Morgan fingerprint density at radius 3 is 2.20 bits per heavy atom. The van der Waals surface area contributed by atoms with Crippen molar-refractivity contribution in [2.24, 2.45) is 0 Å². The van der Waals surface area contributed by atoms with Crippen molar-refractivity contribution in [3.63, 3.8) is 0 Å². The van der Waals surface area contributed by atoms with Crippen LogP contribution in [0.25, 0.3) is 0 Å². The van der Waals surface area contributed by atoms with Crippen LogP contribution in [0.2, 0.25) is 5.02 Å². The highest BCUT2D eigenvalue weighted by molar-refractivity contribution is 6.31. The van der Waals surface area contributed by atoms with Crippen molar-refractivity contribution in [1.29, 1.82) is 0 Å². The lowest BCUT2D eigenvalue weighted by Gasteiger charge is -2.29. The standard InChI is InChI=1S/C13H18ClF/c1-5-13(4,6-2)12-10(14)7-9(3)8-11(12)15/h7-8H,5-6H2,1-4H3. The van der Waals surface area contributed by atoms with Crippen molar-refractivity contribution in [1.82, 2.24) is 0 Å². The van der Waals surface area contributed by atoms with Crippen LogP contribution in [0.4, 0.5) is 4.39 Å². The molecule has 84 valence electrons. The van der Waals surface area contributed by atoms with Gasteiger partial charge in [-0.25, -0.2) is 4.39 Å². The Morgan fingerprint density at radius 2 is 1.80 bits per heavy atom. The van der Waals surface area contributed by atoms with E-state index in [1.54, 1.807) is 6.07 Å². The zero-order valence-electron chi connectivity index (χ0n) is 9.82. The maximum Gasteiger partial charge on any atom is 0.128 e. The average molecular weight is 229 g/mol. The van der Waals surface area contributed by atoms with E-state index in [4.69, 9.17) is 11.6 Å². The smallest absolute Gasteiger partial charge is 0.128 e. The van der Waals surface area contributed by atoms with Crippen LogP contribution in [0.1, 0.15) is 44.7 Å². The molecule has 0 N–H and O–H groups in total. The van der Waals surface area contributed by atoms with Gasteiger partial charge in [0.15, 0.2) is 0 Å². The first-order valence-electron chi connectivity index (χ1n) is 5.40. The highest BCUT2D eigenvalue weighted by Crippen LogP contribution is 2.37. The Kier molecular flexibility index (Phi) is 3.77. The van der Waals surface area contributed by atoms with Crippen LogP contribution < -0.4 is 0 Å². The van der Waals surface area contributed by atoms with Gasteiger partial charge in [-0.2, -0.15) is 0 Å². The zero-order valence-corrected chi connectivity index (χ0v) is 10.6. The number of rotatable bonds is 3. The van der Waals surface area contributed by atoms with Crippen LogP contribution in [0.15, 0.2) is 12.1 Å². The minimum absolute atomic E-state index is 0.158. The summed E-state index contributed by atoms with van der Waals surface area (Å²) in [5.74, 6) is -0.175. The molecule has 2 heteroatoms. The first kappa shape index (κ1) is 12.5. The minimum Gasteiger partial charge on any atom is -0.207 e. The van der Waals surface area contributed by atoms with Crippen molar-refractivity contribution in [2.75, 3.05) is 0 Å². The van der Waals surface area contributed by atoms with E-state index in [1.807, 2.05) is 13.0 Å². The summed E-state index contributed by atoms with van der Waals surface area (Å²) in [6, 6.07) is 3.40. The van der Waals surface area contributed by atoms with E-state index >= 15 is 0 Å². The normalized spacial score (nSPS) is 11.9. The molecular weight excluding hydrogens is 211 g/mol. The van der Waals surface area contributed by atoms with E-state index in [-0.39, 0.29) is 11.2 Å². The fourth-order valence-corrected chi connectivity index (χ4v) is 2.37. The van der Waals surface area contributed by atoms with Gasteiger partial charge in [-0.1, -0.05) is 32.4 Å². The van der Waals surface area contributed by atoms with Crippen LogP contribution in [-0.4, -0.2) is 0 Å². The predicted octanol–water partition coefficient (Wildman–Crippen LogP) is 4.87. The van der Waals surface area contributed by atoms with Gasteiger partial charge in [0.1, 0.15) is 5.82 Å². The van der Waals surface area contributed by atoms with E-state index in [9.17, 15) is 4.39 Å². The largest absolute Gasteiger partial charge is 0.207 e. The predicted molar refractivity (Wildman–Crippen MR) is 64.1 cm³/mol. The molecule has 0 nitrogen and oxygen atoms in total. The lowest BCUT2D eigenvalue weighted by atomic mass is 9.77. The second-order valence-electron chi connectivity index (χ2n) is 4.37. The van der Waals surface area contributed by atoms with Gasteiger partial charge in [-0.15, -0.1) is 0 Å². The molecule has 0 bridgehead atoms. The summed E-state index contributed by atoms with van der Waals surface area (Å²) in [7, 11) is 0. The maximum absolute atomic E-state index is 13.9. The van der Waals surface area contributed by atoms with E-state index in [2.05, 4.69) is 20.8 Å². The van der Waals surface area contributed by atoms with Crippen molar-refractivity contribution >= 4 is 11.6 Å². The summed E-state index contributed by atoms with van der Waals surface area (Å²) >= 11 is 6.14. The first-order chi connectivity index (χ1) is 6.94. The minimum atomic E-state index is -0.175. The number of halogens is 2. The molecule has 1 rings (SSSR count). The molecule has 0 unspecified atom stereocenters. The molecule has 0 saturated heterocycles. The molecule has 0 atom stereocenters. The third kappa shape index (κ3) is 2.34. The molecule has 15 heavy (non-hydrogen) atoms. The Morgan fingerprint density at radius 1 is 1.27 bits per heavy atom. The molecule has 0 fully saturated rings. The Balaban J connectivity index is 3.36. The Hall–Kier alpha value is -0.560. The van der Waals surface area contributed by atoms with Gasteiger partial charge in [0.05, 0.1) is 0 Å². The number of aryl methyl sites for hydroxylation is 1. The molecule has 0 aliphatic carbocycles. The van der Waals surface area contributed by atoms with E-state index in [1.165, 1.54) is 0 Å². The first-order valence-corrected chi connectivity index (χ1v) is 5.78. The van der Waals surface area contributed by atoms with Crippen molar-refractivity contribution in [2.45, 2.75) is 46.0 Å².